The van der Waals surface area contributed by atoms with Gasteiger partial charge in [-0.1, -0.05) is 12.1 Å². The Labute approximate surface area is 210 Å². The van der Waals surface area contributed by atoms with E-state index in [1.54, 1.807) is 6.92 Å². The molecule has 198 valence electrons. The Balaban J connectivity index is 1.59. The van der Waals surface area contributed by atoms with Crippen molar-refractivity contribution in [3.05, 3.63) is 58.9 Å². The second kappa shape index (κ2) is 8.36. The monoisotopic (exact) mass is 536 g/mol. The molecule has 0 spiro atoms. The maximum atomic E-state index is 13.6. The lowest BCUT2D eigenvalue weighted by Gasteiger charge is -2.23. The van der Waals surface area contributed by atoms with Crippen molar-refractivity contribution in [1.82, 2.24) is 29.5 Å². The predicted octanol–water partition coefficient (Wildman–Crippen LogP) is 4.00. The first-order valence-corrected chi connectivity index (χ1v) is 11.1. The number of rotatable bonds is 5. The summed E-state index contributed by atoms with van der Waals surface area (Å²) in [5.41, 5.74) is 5.31. The lowest BCUT2D eigenvalue weighted by Crippen LogP contribution is -2.36. The molecule has 1 aromatic carbocycles. The molecule has 0 fully saturated rings. The number of hydrogen-bond donors (Lipinski definition) is 2. The lowest BCUT2D eigenvalue weighted by atomic mass is 9.78. The number of fused-ring (bicyclic) bond motifs is 2. The Morgan fingerprint density at radius 3 is 2.39 bits per heavy atom. The normalized spacial score (nSPS) is 17.6. The molecule has 1 aliphatic rings. The second-order valence-corrected chi connectivity index (χ2v) is 8.94. The van der Waals surface area contributed by atoms with Gasteiger partial charge < -0.3 is 11.1 Å². The van der Waals surface area contributed by atoms with Crippen LogP contribution in [0.5, 0.6) is 0 Å². The van der Waals surface area contributed by atoms with Gasteiger partial charge in [0.2, 0.25) is 5.91 Å². The minimum atomic E-state index is -5.72. The van der Waals surface area contributed by atoms with Gasteiger partial charge in [-0.2, -0.15) is 27.1 Å². The number of anilines is 2. The molecule has 5 rings (SSSR count). The van der Waals surface area contributed by atoms with Crippen LogP contribution in [0.1, 0.15) is 36.0 Å². The van der Waals surface area contributed by atoms with Crippen LogP contribution in [-0.4, -0.2) is 47.6 Å². The third-order valence-electron chi connectivity index (χ3n) is 6.36. The molecular weight excluding hydrogens is 518 g/mol. The van der Waals surface area contributed by atoms with E-state index in [0.29, 0.717) is 5.56 Å². The molecule has 0 aliphatic carbocycles. The predicted molar refractivity (Wildman–Crippen MR) is 122 cm³/mol. The number of halogens is 6. The van der Waals surface area contributed by atoms with Crippen molar-refractivity contribution in [1.29, 1.82) is 0 Å². The fraction of sp³-hybridized carbons (Fsp3) is 0.304. The SMILES string of the molecule is Cc1nc2c(CCC(F)(F)C(F)(F)F)nc(-c3nc(N)c4c(n3)NC(=O)C4(C)c3ccc(F)cc3)cn2n1. The highest BCUT2D eigenvalue weighted by atomic mass is 19.4. The molecule has 38 heavy (non-hydrogen) atoms. The fourth-order valence-corrected chi connectivity index (χ4v) is 4.33. The van der Waals surface area contributed by atoms with Gasteiger partial charge >= 0.3 is 12.1 Å². The molecule has 4 heterocycles. The molecule has 4 aromatic rings. The van der Waals surface area contributed by atoms with Gasteiger partial charge in [0.1, 0.15) is 34.4 Å². The highest BCUT2D eigenvalue weighted by Crippen LogP contribution is 2.45. The van der Waals surface area contributed by atoms with E-state index >= 15 is 0 Å². The van der Waals surface area contributed by atoms with Gasteiger partial charge in [-0.25, -0.2) is 28.8 Å². The van der Waals surface area contributed by atoms with Crippen LogP contribution in [-0.2, 0) is 16.6 Å². The molecule has 3 N–H and O–H groups in total. The number of amides is 1. The zero-order valence-corrected chi connectivity index (χ0v) is 19.7. The first-order valence-electron chi connectivity index (χ1n) is 11.1. The number of benzene rings is 1. The maximum absolute atomic E-state index is 13.6. The quantitative estimate of drug-likeness (QED) is 0.370. The van der Waals surface area contributed by atoms with Crippen LogP contribution in [0.15, 0.2) is 30.5 Å². The topological polar surface area (TPSA) is 124 Å². The standard InChI is InChI=1S/C23H18F6N8O/c1-10-31-19-13(7-8-22(25,26)23(27,28)29)32-14(9-37(19)36-10)17-33-16(30)15-18(34-17)35-20(38)21(15,2)11-3-5-12(24)6-4-11/h3-6,9H,7-8H2,1-2H3,(H3,30,33,34,35,38). The van der Waals surface area contributed by atoms with Crippen molar-refractivity contribution < 1.29 is 31.1 Å². The summed E-state index contributed by atoms with van der Waals surface area (Å²) in [4.78, 5) is 29.8. The van der Waals surface area contributed by atoms with Crippen molar-refractivity contribution in [2.45, 2.75) is 44.2 Å². The molecule has 3 aromatic heterocycles. The minimum absolute atomic E-state index is 0.00413. The number of aromatic nitrogens is 6. The Morgan fingerprint density at radius 1 is 1.05 bits per heavy atom. The van der Waals surface area contributed by atoms with Gasteiger partial charge in [-0.05, 0) is 38.0 Å². The van der Waals surface area contributed by atoms with Gasteiger partial charge in [-0.3, -0.25) is 4.79 Å². The maximum Gasteiger partial charge on any atom is 0.453 e. The van der Waals surface area contributed by atoms with Gasteiger partial charge in [0.25, 0.3) is 0 Å². The average molecular weight is 536 g/mol. The fourth-order valence-electron chi connectivity index (χ4n) is 4.33. The number of nitrogens with one attached hydrogen (secondary N) is 1. The molecule has 1 atom stereocenters. The Kier molecular flexibility index (Phi) is 5.58. The average Bonchev–Trinajstić information content (AvgIpc) is 3.33. The highest BCUT2D eigenvalue weighted by molar-refractivity contribution is 6.09. The van der Waals surface area contributed by atoms with Crippen LogP contribution in [0.25, 0.3) is 17.2 Å². The number of nitrogens with two attached hydrogens (primary N) is 1. The van der Waals surface area contributed by atoms with E-state index in [1.165, 1.54) is 41.9 Å². The molecule has 0 bridgehead atoms. The van der Waals surface area contributed by atoms with E-state index in [1.807, 2.05) is 0 Å². The number of carbonyl (C=O) groups is 1. The summed E-state index contributed by atoms with van der Waals surface area (Å²) >= 11 is 0. The molecule has 1 amide bonds. The van der Waals surface area contributed by atoms with Crippen molar-refractivity contribution in [3.8, 4) is 11.5 Å². The number of hydrogen-bond acceptors (Lipinski definition) is 7. The van der Waals surface area contributed by atoms with Crippen molar-refractivity contribution in [3.63, 3.8) is 0 Å². The van der Waals surface area contributed by atoms with Gasteiger partial charge in [0.15, 0.2) is 11.5 Å². The molecule has 9 nitrogen and oxygen atoms in total. The van der Waals surface area contributed by atoms with E-state index in [2.05, 4.69) is 30.4 Å². The zero-order chi connectivity index (χ0) is 27.6. The number of nitrogens with zero attached hydrogens (tertiary/aromatic N) is 6. The van der Waals surface area contributed by atoms with E-state index in [9.17, 15) is 31.1 Å². The molecular formula is C23H18F6N8O. The summed E-state index contributed by atoms with van der Waals surface area (Å²) in [5, 5.41) is 6.72. The summed E-state index contributed by atoms with van der Waals surface area (Å²) in [6, 6.07) is 5.26. The highest BCUT2D eigenvalue weighted by Gasteiger charge is 2.56. The van der Waals surface area contributed by atoms with Crippen LogP contribution >= 0.6 is 0 Å². The Bertz CT molecular complexity index is 1580. The van der Waals surface area contributed by atoms with Crippen molar-refractivity contribution in [2.24, 2.45) is 0 Å². The third kappa shape index (κ3) is 3.97. The van der Waals surface area contributed by atoms with Crippen LogP contribution < -0.4 is 11.1 Å². The summed E-state index contributed by atoms with van der Waals surface area (Å²) in [5.74, 6) is -5.91. The van der Waals surface area contributed by atoms with Gasteiger partial charge in [-0.15, -0.1) is 0 Å². The number of nitrogen functional groups attached to an aromatic ring is 1. The molecule has 0 radical (unpaired) electrons. The largest absolute Gasteiger partial charge is 0.453 e. The van der Waals surface area contributed by atoms with Gasteiger partial charge in [0, 0.05) is 6.42 Å². The van der Waals surface area contributed by atoms with E-state index in [-0.39, 0.29) is 45.9 Å². The van der Waals surface area contributed by atoms with Crippen molar-refractivity contribution >= 4 is 23.2 Å². The number of alkyl halides is 5. The minimum Gasteiger partial charge on any atom is -0.383 e. The summed E-state index contributed by atoms with van der Waals surface area (Å²) in [6.45, 7) is 3.08. The number of carbonyl (C=O) groups excluding carboxylic acids is 1. The molecule has 0 saturated carbocycles. The number of aryl methyl sites for hydroxylation is 2. The second-order valence-electron chi connectivity index (χ2n) is 8.94. The van der Waals surface area contributed by atoms with E-state index < -0.39 is 42.1 Å². The van der Waals surface area contributed by atoms with Crippen LogP contribution in [0.2, 0.25) is 0 Å². The van der Waals surface area contributed by atoms with Crippen LogP contribution in [0.3, 0.4) is 0 Å². The first kappa shape index (κ1) is 25.4. The van der Waals surface area contributed by atoms with E-state index in [4.69, 9.17) is 5.73 Å². The van der Waals surface area contributed by atoms with E-state index in [0.717, 1.165) is 0 Å². The molecule has 15 heteroatoms. The Morgan fingerprint density at radius 2 is 1.74 bits per heavy atom. The zero-order valence-electron chi connectivity index (χ0n) is 19.7. The van der Waals surface area contributed by atoms with Crippen LogP contribution in [0.4, 0.5) is 38.0 Å². The summed E-state index contributed by atoms with van der Waals surface area (Å²) in [6.07, 6.45) is -6.75. The Hall–Kier alpha value is -4.30. The first-order chi connectivity index (χ1) is 17.7. The van der Waals surface area contributed by atoms with Crippen molar-refractivity contribution in [2.75, 3.05) is 11.1 Å². The van der Waals surface area contributed by atoms with Crippen LogP contribution in [0, 0.1) is 12.7 Å². The lowest BCUT2D eigenvalue weighted by molar-refractivity contribution is -0.284. The third-order valence-corrected chi connectivity index (χ3v) is 6.36. The summed E-state index contributed by atoms with van der Waals surface area (Å²) in [7, 11) is 0. The van der Waals surface area contributed by atoms with Gasteiger partial charge in [0.05, 0.1) is 17.5 Å². The smallest absolute Gasteiger partial charge is 0.383 e. The summed E-state index contributed by atoms with van der Waals surface area (Å²) < 4.78 is 80.0. The molecule has 1 unspecified atom stereocenters. The molecule has 1 aliphatic heterocycles. The molecule has 0 saturated heterocycles.